The average Bonchev–Trinajstić information content (AvgIpc) is 2.26. The Morgan fingerprint density at radius 3 is 2.72 bits per heavy atom. The van der Waals surface area contributed by atoms with Gasteiger partial charge < -0.3 is 9.64 Å². The highest BCUT2D eigenvalue weighted by Crippen LogP contribution is 2.27. The third-order valence-electron chi connectivity index (χ3n) is 3.31. The number of benzene rings is 1. The van der Waals surface area contributed by atoms with Crippen LogP contribution in [0.2, 0.25) is 0 Å². The second-order valence-electron chi connectivity index (χ2n) is 5.73. The lowest BCUT2D eigenvalue weighted by Crippen LogP contribution is -2.52. The fraction of sp³-hybridized carbons (Fsp3) is 0.533. The van der Waals surface area contributed by atoms with Crippen molar-refractivity contribution in [2.45, 2.75) is 39.4 Å². The van der Waals surface area contributed by atoms with Crippen LogP contribution in [0.1, 0.15) is 36.7 Å². The normalized spacial score (nSPS) is 22.9. The fourth-order valence-electron chi connectivity index (χ4n) is 2.64. The second-order valence-corrected chi connectivity index (χ2v) is 5.73. The monoisotopic (exact) mass is 247 g/mol. The molecule has 1 aliphatic rings. The molecule has 1 heterocycles. The summed E-state index contributed by atoms with van der Waals surface area (Å²) in [4.78, 5) is 13.2. The molecule has 1 aromatic carbocycles. The summed E-state index contributed by atoms with van der Waals surface area (Å²) in [6.07, 6.45) is 1.13. The van der Waals surface area contributed by atoms with Gasteiger partial charge in [-0.25, -0.2) is 0 Å². The largest absolute Gasteiger partial charge is 0.369 e. The zero-order valence-electron chi connectivity index (χ0n) is 11.6. The molecule has 98 valence electrons. The molecule has 1 saturated heterocycles. The van der Waals surface area contributed by atoms with Crippen LogP contribution in [-0.2, 0) is 4.74 Å². The number of anilines is 1. The van der Waals surface area contributed by atoms with Gasteiger partial charge in [0.05, 0.1) is 11.7 Å². The zero-order chi connectivity index (χ0) is 13.3. The smallest absolute Gasteiger partial charge is 0.150 e. The van der Waals surface area contributed by atoms with Crippen LogP contribution in [0.5, 0.6) is 0 Å². The van der Waals surface area contributed by atoms with Crippen molar-refractivity contribution < 1.29 is 9.53 Å². The Kier molecular flexibility index (Phi) is 3.44. The number of rotatable bonds is 2. The molecule has 0 amide bonds. The van der Waals surface area contributed by atoms with Gasteiger partial charge in [0.25, 0.3) is 0 Å². The van der Waals surface area contributed by atoms with Crippen molar-refractivity contribution in [3.05, 3.63) is 29.3 Å². The van der Waals surface area contributed by atoms with Crippen molar-refractivity contribution in [3.63, 3.8) is 0 Å². The number of morpholine rings is 1. The number of aryl methyl sites for hydroxylation is 1. The highest BCUT2D eigenvalue weighted by atomic mass is 16.5. The van der Waals surface area contributed by atoms with Gasteiger partial charge in [-0.3, -0.25) is 4.79 Å². The van der Waals surface area contributed by atoms with Crippen molar-refractivity contribution in [3.8, 4) is 0 Å². The van der Waals surface area contributed by atoms with E-state index in [1.165, 1.54) is 5.69 Å². The van der Waals surface area contributed by atoms with Gasteiger partial charge in [0.15, 0.2) is 0 Å². The Morgan fingerprint density at radius 1 is 1.44 bits per heavy atom. The maximum atomic E-state index is 10.8. The number of hydrogen-bond donors (Lipinski definition) is 0. The maximum Gasteiger partial charge on any atom is 0.150 e. The summed E-state index contributed by atoms with van der Waals surface area (Å²) in [6, 6.07) is 5.99. The molecule has 0 radical (unpaired) electrons. The molecule has 2 rings (SSSR count). The van der Waals surface area contributed by atoms with Crippen molar-refractivity contribution in [1.82, 2.24) is 0 Å². The maximum absolute atomic E-state index is 10.8. The summed E-state index contributed by atoms with van der Waals surface area (Å²) < 4.78 is 5.90. The second kappa shape index (κ2) is 4.73. The highest BCUT2D eigenvalue weighted by molar-refractivity contribution is 5.78. The third-order valence-corrected chi connectivity index (χ3v) is 3.31. The average molecular weight is 247 g/mol. The van der Waals surface area contributed by atoms with E-state index in [0.717, 1.165) is 30.5 Å². The number of ether oxygens (including phenoxy) is 1. The Morgan fingerprint density at radius 2 is 2.17 bits per heavy atom. The molecule has 0 spiro atoms. The van der Waals surface area contributed by atoms with E-state index in [1.54, 1.807) is 0 Å². The predicted octanol–water partition coefficient (Wildman–Crippen LogP) is 2.81. The van der Waals surface area contributed by atoms with E-state index in [2.05, 4.69) is 31.7 Å². The minimum absolute atomic E-state index is 0.130. The van der Waals surface area contributed by atoms with Crippen LogP contribution in [0.25, 0.3) is 0 Å². The van der Waals surface area contributed by atoms with E-state index in [1.807, 2.05) is 19.1 Å². The summed E-state index contributed by atoms with van der Waals surface area (Å²) in [5.74, 6) is 0. The molecule has 1 atom stereocenters. The molecule has 3 nitrogen and oxygen atoms in total. The van der Waals surface area contributed by atoms with E-state index < -0.39 is 0 Å². The molecule has 1 fully saturated rings. The zero-order valence-corrected chi connectivity index (χ0v) is 11.6. The van der Waals surface area contributed by atoms with Crippen molar-refractivity contribution >= 4 is 12.0 Å². The SMILES string of the molecule is Cc1cc(N2CC(C)OC(C)(C)C2)ccc1C=O. The van der Waals surface area contributed by atoms with Crippen LogP contribution in [0, 0.1) is 6.92 Å². The molecule has 1 aromatic rings. The van der Waals surface area contributed by atoms with Crippen molar-refractivity contribution in [1.29, 1.82) is 0 Å². The topological polar surface area (TPSA) is 29.5 Å². The molecular formula is C15H21NO2. The first kappa shape index (κ1) is 13.1. The van der Waals surface area contributed by atoms with E-state index in [9.17, 15) is 4.79 Å². The predicted molar refractivity (Wildman–Crippen MR) is 73.4 cm³/mol. The summed E-state index contributed by atoms with van der Waals surface area (Å²) in [7, 11) is 0. The van der Waals surface area contributed by atoms with Gasteiger partial charge in [0.2, 0.25) is 0 Å². The Hall–Kier alpha value is -1.35. The molecule has 0 N–H and O–H groups in total. The minimum atomic E-state index is -0.130. The lowest BCUT2D eigenvalue weighted by atomic mass is 10.0. The summed E-state index contributed by atoms with van der Waals surface area (Å²) in [5.41, 5.74) is 2.83. The van der Waals surface area contributed by atoms with Crippen LogP contribution in [-0.4, -0.2) is 31.1 Å². The van der Waals surface area contributed by atoms with Crippen LogP contribution >= 0.6 is 0 Å². The Balaban J connectivity index is 2.25. The van der Waals surface area contributed by atoms with Crippen molar-refractivity contribution in [2.24, 2.45) is 0 Å². The van der Waals surface area contributed by atoms with Crippen LogP contribution in [0.15, 0.2) is 18.2 Å². The fourth-order valence-corrected chi connectivity index (χ4v) is 2.64. The van der Waals surface area contributed by atoms with Gasteiger partial charge >= 0.3 is 0 Å². The van der Waals surface area contributed by atoms with Gasteiger partial charge in [-0.15, -0.1) is 0 Å². The lowest BCUT2D eigenvalue weighted by molar-refractivity contribution is -0.0749. The Bertz CT molecular complexity index is 454. The number of carbonyl (C=O) groups excluding carboxylic acids is 1. The standard InChI is InChI=1S/C15H21NO2/c1-11-7-14(6-5-13(11)9-17)16-8-12(2)18-15(3,4)10-16/h5-7,9,12H,8,10H2,1-4H3. The molecule has 3 heteroatoms. The summed E-state index contributed by atoms with van der Waals surface area (Å²) in [5, 5.41) is 0. The van der Waals surface area contributed by atoms with Gasteiger partial charge in [-0.2, -0.15) is 0 Å². The van der Waals surface area contributed by atoms with E-state index in [4.69, 9.17) is 4.74 Å². The molecule has 18 heavy (non-hydrogen) atoms. The van der Waals surface area contributed by atoms with E-state index in [-0.39, 0.29) is 11.7 Å². The van der Waals surface area contributed by atoms with E-state index in [0.29, 0.717) is 0 Å². The number of carbonyl (C=O) groups is 1. The van der Waals surface area contributed by atoms with Gasteiger partial charge in [0.1, 0.15) is 6.29 Å². The van der Waals surface area contributed by atoms with Crippen LogP contribution in [0.4, 0.5) is 5.69 Å². The first-order valence-electron chi connectivity index (χ1n) is 6.40. The molecule has 0 bridgehead atoms. The molecule has 0 aromatic heterocycles. The minimum Gasteiger partial charge on any atom is -0.369 e. The third kappa shape index (κ3) is 2.72. The molecule has 0 saturated carbocycles. The van der Waals surface area contributed by atoms with Crippen LogP contribution in [0.3, 0.4) is 0 Å². The number of nitrogens with zero attached hydrogens (tertiary/aromatic N) is 1. The van der Waals surface area contributed by atoms with Crippen molar-refractivity contribution in [2.75, 3.05) is 18.0 Å². The number of hydrogen-bond acceptors (Lipinski definition) is 3. The Labute approximate surface area is 109 Å². The molecule has 1 unspecified atom stereocenters. The van der Waals surface area contributed by atoms with Gasteiger partial charge in [-0.05, 0) is 51.5 Å². The highest BCUT2D eigenvalue weighted by Gasteiger charge is 2.31. The van der Waals surface area contributed by atoms with Gasteiger partial charge in [-0.1, -0.05) is 0 Å². The first-order valence-corrected chi connectivity index (χ1v) is 6.40. The summed E-state index contributed by atoms with van der Waals surface area (Å²) >= 11 is 0. The number of aldehydes is 1. The van der Waals surface area contributed by atoms with Crippen LogP contribution < -0.4 is 4.90 Å². The lowest BCUT2D eigenvalue weighted by Gasteiger charge is -2.43. The van der Waals surface area contributed by atoms with Gasteiger partial charge in [0, 0.05) is 24.3 Å². The molecular weight excluding hydrogens is 226 g/mol. The quantitative estimate of drug-likeness (QED) is 0.753. The molecule has 0 aliphatic carbocycles. The summed E-state index contributed by atoms with van der Waals surface area (Å²) in [6.45, 7) is 10.1. The van der Waals surface area contributed by atoms with E-state index >= 15 is 0 Å². The first-order chi connectivity index (χ1) is 8.41. The molecule has 1 aliphatic heterocycles.